The zero-order valence-electron chi connectivity index (χ0n) is 23.1. The second kappa shape index (κ2) is 16.7. The Bertz CT molecular complexity index is 715. The molecule has 0 aliphatic rings. The molecule has 0 heterocycles. The van der Waals surface area contributed by atoms with Crippen molar-refractivity contribution in [3.8, 4) is 0 Å². The maximum absolute atomic E-state index is 12.3. The van der Waals surface area contributed by atoms with Crippen molar-refractivity contribution in [3.63, 3.8) is 0 Å². The first-order chi connectivity index (χ1) is 16.1. The highest BCUT2D eigenvalue weighted by atomic mass is 16.5. The van der Waals surface area contributed by atoms with E-state index in [1.165, 1.54) is 64.9 Å². The predicted molar refractivity (Wildman–Crippen MR) is 144 cm³/mol. The van der Waals surface area contributed by atoms with E-state index in [9.17, 15) is 9.59 Å². The van der Waals surface area contributed by atoms with Gasteiger partial charge < -0.3 is 9.64 Å². The van der Waals surface area contributed by atoms with Gasteiger partial charge in [0.2, 0.25) is 5.91 Å². The number of benzene rings is 1. The molecule has 0 N–H and O–H groups in total. The molecule has 1 aromatic rings. The molecule has 0 spiro atoms. The second-order valence-electron chi connectivity index (χ2n) is 11.0. The number of carbonyl (C=O) groups excluding carboxylic acids is 2. The number of esters is 1. The number of ether oxygens (including phenoxy) is 1. The van der Waals surface area contributed by atoms with Crippen LogP contribution in [0.5, 0.6) is 0 Å². The molecule has 4 heteroatoms. The molecule has 0 aliphatic heterocycles. The summed E-state index contributed by atoms with van der Waals surface area (Å²) < 4.78 is 4.81. The average Bonchev–Trinajstić information content (AvgIpc) is 2.78. The Morgan fingerprint density at radius 1 is 0.794 bits per heavy atom. The third kappa shape index (κ3) is 12.6. The summed E-state index contributed by atoms with van der Waals surface area (Å²) in [5, 5.41) is 0. The second-order valence-corrected chi connectivity index (χ2v) is 11.0. The fourth-order valence-electron chi connectivity index (χ4n) is 4.67. The molecular weight excluding hydrogens is 422 g/mol. The minimum Gasteiger partial charge on any atom is -0.465 e. The first kappa shape index (κ1) is 30.2. The SMILES string of the molecule is COC(=O)c1cccc(N(CCC(C)CCCC(C)CCCC(C)CCCC(C)C)C(C)=O)c1. The maximum Gasteiger partial charge on any atom is 0.337 e. The Labute approximate surface area is 209 Å². The van der Waals surface area contributed by atoms with Gasteiger partial charge in [0.1, 0.15) is 0 Å². The van der Waals surface area contributed by atoms with Crippen LogP contribution in [-0.4, -0.2) is 25.5 Å². The zero-order chi connectivity index (χ0) is 25.5. The van der Waals surface area contributed by atoms with E-state index in [1.54, 1.807) is 30.0 Å². The standard InChI is InChI=1S/C30H51NO3/c1-23(2)12-8-13-24(3)14-9-15-25(4)16-10-17-26(5)20-21-31(27(6)32)29-19-11-18-28(22-29)30(33)34-7/h11,18-19,22-26H,8-10,12-17,20-21H2,1-7H3. The van der Waals surface area contributed by atoms with Crippen LogP contribution in [0.25, 0.3) is 0 Å². The summed E-state index contributed by atoms with van der Waals surface area (Å²) in [5.74, 6) is 2.68. The number of amides is 1. The molecule has 0 aliphatic carbocycles. The van der Waals surface area contributed by atoms with Crippen LogP contribution in [0.4, 0.5) is 5.69 Å². The van der Waals surface area contributed by atoms with Gasteiger partial charge in [0.05, 0.1) is 12.7 Å². The van der Waals surface area contributed by atoms with E-state index >= 15 is 0 Å². The summed E-state index contributed by atoms with van der Waals surface area (Å²) >= 11 is 0. The smallest absolute Gasteiger partial charge is 0.337 e. The summed E-state index contributed by atoms with van der Waals surface area (Å²) in [6.45, 7) is 14.0. The third-order valence-electron chi connectivity index (χ3n) is 7.07. The van der Waals surface area contributed by atoms with E-state index in [1.807, 2.05) is 6.07 Å². The van der Waals surface area contributed by atoms with Crippen molar-refractivity contribution in [2.45, 2.75) is 106 Å². The molecule has 3 atom stereocenters. The normalized spacial score (nSPS) is 14.0. The fraction of sp³-hybridized carbons (Fsp3) is 0.733. The van der Waals surface area contributed by atoms with Gasteiger partial charge >= 0.3 is 5.97 Å². The third-order valence-corrected chi connectivity index (χ3v) is 7.07. The van der Waals surface area contributed by atoms with Gasteiger partial charge in [-0.3, -0.25) is 4.79 Å². The van der Waals surface area contributed by atoms with Crippen molar-refractivity contribution < 1.29 is 14.3 Å². The summed E-state index contributed by atoms with van der Waals surface area (Å²) in [6.07, 6.45) is 12.9. The lowest BCUT2D eigenvalue weighted by Crippen LogP contribution is -2.30. The Hall–Kier alpha value is -1.84. The molecule has 0 radical (unpaired) electrons. The molecule has 34 heavy (non-hydrogen) atoms. The number of nitrogens with zero attached hydrogens (tertiary/aromatic N) is 1. The quantitative estimate of drug-likeness (QED) is 0.214. The Morgan fingerprint density at radius 3 is 1.76 bits per heavy atom. The molecule has 3 unspecified atom stereocenters. The highest BCUT2D eigenvalue weighted by Crippen LogP contribution is 2.24. The largest absolute Gasteiger partial charge is 0.465 e. The topological polar surface area (TPSA) is 46.6 Å². The molecule has 1 amide bonds. The van der Waals surface area contributed by atoms with Gasteiger partial charge in [-0.1, -0.05) is 98.5 Å². The van der Waals surface area contributed by atoms with Crippen LogP contribution < -0.4 is 4.90 Å². The van der Waals surface area contributed by atoms with Crippen LogP contribution in [-0.2, 0) is 9.53 Å². The van der Waals surface area contributed by atoms with E-state index in [4.69, 9.17) is 4.74 Å². The molecule has 0 bridgehead atoms. The first-order valence-corrected chi connectivity index (χ1v) is 13.6. The van der Waals surface area contributed by atoms with Gasteiger partial charge in [-0.25, -0.2) is 4.79 Å². The molecule has 194 valence electrons. The van der Waals surface area contributed by atoms with Crippen LogP contribution >= 0.6 is 0 Å². The number of methoxy groups -OCH3 is 1. The molecule has 0 aromatic heterocycles. The maximum atomic E-state index is 12.3. The number of carbonyl (C=O) groups is 2. The fourth-order valence-corrected chi connectivity index (χ4v) is 4.67. The minimum absolute atomic E-state index is 0.00118. The van der Waals surface area contributed by atoms with Gasteiger partial charge in [-0.05, 0) is 48.3 Å². The van der Waals surface area contributed by atoms with E-state index in [-0.39, 0.29) is 11.9 Å². The summed E-state index contributed by atoms with van der Waals surface area (Å²) in [5.41, 5.74) is 1.23. The van der Waals surface area contributed by atoms with Gasteiger partial charge in [0.15, 0.2) is 0 Å². The monoisotopic (exact) mass is 473 g/mol. The molecule has 0 fully saturated rings. The summed E-state index contributed by atoms with van der Waals surface area (Å²) in [6, 6.07) is 7.13. The Balaban J connectivity index is 2.32. The zero-order valence-corrected chi connectivity index (χ0v) is 23.1. The van der Waals surface area contributed by atoms with Crippen LogP contribution in [0.2, 0.25) is 0 Å². The molecule has 0 saturated carbocycles. The van der Waals surface area contributed by atoms with Gasteiger partial charge in [0.25, 0.3) is 0 Å². The van der Waals surface area contributed by atoms with E-state index in [0.29, 0.717) is 18.0 Å². The number of anilines is 1. The highest BCUT2D eigenvalue weighted by Gasteiger charge is 2.16. The Morgan fingerprint density at radius 2 is 1.29 bits per heavy atom. The highest BCUT2D eigenvalue weighted by molar-refractivity contribution is 5.95. The molecule has 0 saturated heterocycles. The van der Waals surface area contributed by atoms with Crippen molar-refractivity contribution in [1.29, 1.82) is 0 Å². The first-order valence-electron chi connectivity index (χ1n) is 13.6. The van der Waals surface area contributed by atoms with E-state index in [0.717, 1.165) is 29.9 Å². The lowest BCUT2D eigenvalue weighted by Gasteiger charge is -2.24. The van der Waals surface area contributed by atoms with Crippen LogP contribution in [0.1, 0.15) is 116 Å². The van der Waals surface area contributed by atoms with Gasteiger partial charge in [0, 0.05) is 19.2 Å². The molecule has 1 rings (SSSR count). The summed E-state index contributed by atoms with van der Waals surface area (Å²) in [4.78, 5) is 25.9. The van der Waals surface area contributed by atoms with Crippen molar-refractivity contribution in [2.75, 3.05) is 18.6 Å². The van der Waals surface area contributed by atoms with E-state index < -0.39 is 0 Å². The molecular formula is C30H51NO3. The van der Waals surface area contributed by atoms with Crippen molar-refractivity contribution in [3.05, 3.63) is 29.8 Å². The van der Waals surface area contributed by atoms with Crippen LogP contribution in [0.15, 0.2) is 24.3 Å². The molecule has 4 nitrogen and oxygen atoms in total. The predicted octanol–water partition coefficient (Wildman–Crippen LogP) is 8.29. The number of rotatable bonds is 17. The number of hydrogen-bond acceptors (Lipinski definition) is 3. The van der Waals surface area contributed by atoms with Crippen molar-refractivity contribution >= 4 is 17.6 Å². The van der Waals surface area contributed by atoms with Crippen LogP contribution in [0.3, 0.4) is 0 Å². The van der Waals surface area contributed by atoms with Gasteiger partial charge in [-0.2, -0.15) is 0 Å². The Kier molecular flexibility index (Phi) is 14.9. The van der Waals surface area contributed by atoms with E-state index in [2.05, 4.69) is 34.6 Å². The average molecular weight is 474 g/mol. The lowest BCUT2D eigenvalue weighted by molar-refractivity contribution is -0.116. The number of hydrogen-bond donors (Lipinski definition) is 0. The van der Waals surface area contributed by atoms with Crippen LogP contribution in [0, 0.1) is 23.7 Å². The lowest BCUT2D eigenvalue weighted by atomic mass is 9.90. The molecule has 1 aromatic carbocycles. The van der Waals surface area contributed by atoms with Crippen molar-refractivity contribution in [2.24, 2.45) is 23.7 Å². The minimum atomic E-state index is -0.381. The van der Waals surface area contributed by atoms with Crippen molar-refractivity contribution in [1.82, 2.24) is 0 Å². The summed E-state index contributed by atoms with van der Waals surface area (Å²) in [7, 11) is 1.37. The van der Waals surface area contributed by atoms with Gasteiger partial charge in [-0.15, -0.1) is 0 Å².